The standard InChI is InChI=1S/C29H28FN7O3/c1-38-25-14-20(15-31)8-9-21(25)18-40-28-7-3-6-26(33-28)35-11-12-36(32-19-35)17-27-34-29-23(30)4-2-5-24(29)37(27)16-22-10-13-39-22/h2-9,14,19,22H,10-13,16-18H2,1H3/t22-/m0/s1. The van der Waals surface area contributed by atoms with Gasteiger partial charge in [-0.2, -0.15) is 15.3 Å². The number of benzene rings is 2. The lowest BCUT2D eigenvalue weighted by atomic mass is 10.1. The minimum absolute atomic E-state index is 0.123. The summed E-state index contributed by atoms with van der Waals surface area (Å²) in [5.74, 6) is 2.20. The molecule has 10 nitrogen and oxygen atoms in total. The van der Waals surface area contributed by atoms with E-state index in [0.717, 1.165) is 29.9 Å². The minimum atomic E-state index is -0.328. The number of nitrogens with zero attached hydrogens (tertiary/aromatic N) is 7. The van der Waals surface area contributed by atoms with Crippen LogP contribution in [0.15, 0.2) is 59.7 Å². The van der Waals surface area contributed by atoms with Crippen LogP contribution in [-0.4, -0.2) is 58.8 Å². The zero-order valence-corrected chi connectivity index (χ0v) is 22.0. The molecule has 40 heavy (non-hydrogen) atoms. The molecule has 2 aromatic heterocycles. The van der Waals surface area contributed by atoms with Gasteiger partial charge in [-0.1, -0.05) is 18.2 Å². The van der Waals surface area contributed by atoms with Gasteiger partial charge < -0.3 is 23.7 Å². The Bertz CT molecular complexity index is 1590. The molecule has 2 aliphatic heterocycles. The van der Waals surface area contributed by atoms with Crippen molar-refractivity contribution in [1.29, 1.82) is 5.26 Å². The molecule has 2 aliphatic rings. The molecule has 0 aliphatic carbocycles. The van der Waals surface area contributed by atoms with Gasteiger partial charge in [0.1, 0.15) is 35.9 Å². The Balaban J connectivity index is 1.13. The summed E-state index contributed by atoms with van der Waals surface area (Å²) in [6.45, 7) is 3.40. The van der Waals surface area contributed by atoms with E-state index < -0.39 is 0 Å². The first-order valence-electron chi connectivity index (χ1n) is 13.1. The van der Waals surface area contributed by atoms with E-state index in [1.165, 1.54) is 6.07 Å². The van der Waals surface area contributed by atoms with Gasteiger partial charge in [0.25, 0.3) is 0 Å². The van der Waals surface area contributed by atoms with Crippen LogP contribution >= 0.6 is 0 Å². The first kappa shape index (κ1) is 25.6. The highest BCUT2D eigenvalue weighted by Gasteiger charge is 2.24. The Labute approximate surface area is 230 Å². The summed E-state index contributed by atoms with van der Waals surface area (Å²) >= 11 is 0. The van der Waals surface area contributed by atoms with Crippen molar-refractivity contribution in [3.8, 4) is 17.7 Å². The zero-order chi connectivity index (χ0) is 27.5. The monoisotopic (exact) mass is 541 g/mol. The predicted octanol–water partition coefficient (Wildman–Crippen LogP) is 4.08. The van der Waals surface area contributed by atoms with Crippen LogP contribution in [0.1, 0.15) is 23.4 Å². The predicted molar refractivity (Wildman–Crippen MR) is 147 cm³/mol. The van der Waals surface area contributed by atoms with Crippen molar-refractivity contribution in [3.63, 3.8) is 0 Å². The van der Waals surface area contributed by atoms with Crippen molar-refractivity contribution < 1.29 is 18.6 Å². The van der Waals surface area contributed by atoms with Crippen LogP contribution in [0.5, 0.6) is 11.6 Å². The fourth-order valence-electron chi connectivity index (χ4n) is 4.78. The molecule has 4 heterocycles. The quantitative estimate of drug-likeness (QED) is 0.313. The van der Waals surface area contributed by atoms with E-state index in [1.54, 1.807) is 37.7 Å². The number of hydrogen-bond acceptors (Lipinski definition) is 9. The van der Waals surface area contributed by atoms with Gasteiger partial charge in [-0.3, -0.25) is 5.01 Å². The Hall–Kier alpha value is -4.69. The Morgan fingerprint density at radius 1 is 1.12 bits per heavy atom. The number of pyridine rings is 1. The van der Waals surface area contributed by atoms with Crippen molar-refractivity contribution in [3.05, 3.63) is 77.4 Å². The van der Waals surface area contributed by atoms with E-state index >= 15 is 0 Å². The average molecular weight is 542 g/mol. The highest BCUT2D eigenvalue weighted by Crippen LogP contribution is 2.25. The number of hydrogen-bond donors (Lipinski definition) is 0. The van der Waals surface area contributed by atoms with Gasteiger partial charge in [0.05, 0.1) is 50.0 Å². The lowest BCUT2D eigenvalue weighted by Gasteiger charge is -2.30. The number of methoxy groups -OCH3 is 1. The van der Waals surface area contributed by atoms with Crippen molar-refractivity contribution in [2.45, 2.75) is 32.2 Å². The molecule has 2 aromatic carbocycles. The largest absolute Gasteiger partial charge is 0.496 e. The van der Waals surface area contributed by atoms with Crippen LogP contribution in [0.4, 0.5) is 10.2 Å². The van der Waals surface area contributed by atoms with Crippen molar-refractivity contribution in [2.24, 2.45) is 5.10 Å². The number of imidazole rings is 1. The second-order valence-corrected chi connectivity index (χ2v) is 9.60. The fraction of sp³-hybridized carbons (Fsp3) is 0.310. The summed E-state index contributed by atoms with van der Waals surface area (Å²) in [5, 5.41) is 15.7. The third-order valence-corrected chi connectivity index (χ3v) is 7.06. The fourth-order valence-corrected chi connectivity index (χ4v) is 4.78. The summed E-state index contributed by atoms with van der Waals surface area (Å²) in [4.78, 5) is 11.2. The number of nitriles is 1. The molecule has 0 spiro atoms. The topological polar surface area (TPSA) is 101 Å². The molecular formula is C29H28FN7O3. The molecule has 4 aromatic rings. The van der Waals surface area contributed by atoms with Gasteiger partial charge in [-0.25, -0.2) is 9.37 Å². The van der Waals surface area contributed by atoms with Crippen LogP contribution in [0.25, 0.3) is 11.0 Å². The van der Waals surface area contributed by atoms with E-state index in [9.17, 15) is 4.39 Å². The average Bonchev–Trinajstić information content (AvgIpc) is 3.32. The maximum Gasteiger partial charge on any atom is 0.215 e. The normalized spacial score (nSPS) is 16.6. The molecule has 0 saturated carbocycles. The molecule has 0 unspecified atom stereocenters. The lowest BCUT2D eigenvalue weighted by Crippen LogP contribution is -2.38. The maximum absolute atomic E-state index is 14.5. The third kappa shape index (κ3) is 5.26. The number of halogens is 1. The van der Waals surface area contributed by atoms with Gasteiger partial charge in [0.15, 0.2) is 5.82 Å². The van der Waals surface area contributed by atoms with Crippen molar-refractivity contribution in [1.82, 2.24) is 19.5 Å². The second-order valence-electron chi connectivity index (χ2n) is 9.60. The van der Waals surface area contributed by atoms with Gasteiger partial charge in [-0.15, -0.1) is 0 Å². The SMILES string of the molecule is COc1cc(C#N)ccc1COc1cccc(N2C=NN(Cc3nc4c(F)cccc4n3C[C@@H]3CCO3)CC2)n1. The summed E-state index contributed by atoms with van der Waals surface area (Å²) in [7, 11) is 1.56. The summed E-state index contributed by atoms with van der Waals surface area (Å²) in [6.07, 6.45) is 2.85. The molecule has 1 fully saturated rings. The first-order valence-corrected chi connectivity index (χ1v) is 13.1. The van der Waals surface area contributed by atoms with E-state index in [2.05, 4.69) is 25.7 Å². The summed E-state index contributed by atoms with van der Waals surface area (Å²) in [5.41, 5.74) is 2.49. The first-order chi connectivity index (χ1) is 19.6. The smallest absolute Gasteiger partial charge is 0.215 e. The summed E-state index contributed by atoms with van der Waals surface area (Å²) < 4.78 is 33.5. The van der Waals surface area contributed by atoms with E-state index in [1.807, 2.05) is 34.2 Å². The minimum Gasteiger partial charge on any atom is -0.496 e. The van der Waals surface area contributed by atoms with Crippen LogP contribution in [0.3, 0.4) is 0 Å². The van der Waals surface area contributed by atoms with Gasteiger partial charge >= 0.3 is 0 Å². The number of aromatic nitrogens is 3. The number of rotatable bonds is 9. The molecule has 0 bridgehead atoms. The van der Waals surface area contributed by atoms with Gasteiger partial charge in [0.2, 0.25) is 5.88 Å². The van der Waals surface area contributed by atoms with Crippen LogP contribution in [0.2, 0.25) is 0 Å². The van der Waals surface area contributed by atoms with Crippen LogP contribution < -0.4 is 14.4 Å². The lowest BCUT2D eigenvalue weighted by molar-refractivity contribution is -0.0592. The molecular weight excluding hydrogens is 513 g/mol. The molecule has 1 atom stereocenters. The van der Waals surface area contributed by atoms with Gasteiger partial charge in [-0.05, 0) is 36.8 Å². The third-order valence-electron chi connectivity index (χ3n) is 7.06. The Kier molecular flexibility index (Phi) is 7.16. The van der Waals surface area contributed by atoms with Crippen molar-refractivity contribution >= 4 is 23.2 Å². The summed E-state index contributed by atoms with van der Waals surface area (Å²) in [6, 6.07) is 18.0. The number of anilines is 1. The molecule has 0 N–H and O–H groups in total. The Morgan fingerprint density at radius 3 is 2.75 bits per heavy atom. The highest BCUT2D eigenvalue weighted by molar-refractivity contribution is 5.78. The Morgan fingerprint density at radius 2 is 2.00 bits per heavy atom. The maximum atomic E-state index is 14.5. The van der Waals surface area contributed by atoms with E-state index in [4.69, 9.17) is 19.5 Å². The van der Waals surface area contributed by atoms with Gasteiger partial charge in [0, 0.05) is 24.8 Å². The molecule has 204 valence electrons. The van der Waals surface area contributed by atoms with Crippen LogP contribution in [-0.2, 0) is 24.4 Å². The molecule has 0 radical (unpaired) electrons. The number of para-hydroxylation sites is 1. The molecule has 6 rings (SSSR count). The van der Waals surface area contributed by atoms with Crippen LogP contribution in [0, 0.1) is 17.1 Å². The van der Waals surface area contributed by atoms with Crippen molar-refractivity contribution in [2.75, 3.05) is 31.7 Å². The molecule has 0 amide bonds. The highest BCUT2D eigenvalue weighted by atomic mass is 19.1. The van der Waals surface area contributed by atoms with E-state index in [-0.39, 0.29) is 18.5 Å². The number of ether oxygens (including phenoxy) is 3. The number of fused-ring (bicyclic) bond motifs is 1. The zero-order valence-electron chi connectivity index (χ0n) is 22.0. The molecule has 1 saturated heterocycles. The number of hydrazone groups is 1. The van der Waals surface area contributed by atoms with E-state index in [0.29, 0.717) is 54.7 Å². The second kappa shape index (κ2) is 11.2. The molecule has 11 heteroatoms.